The molecule has 0 saturated heterocycles. The zero-order valence-corrected chi connectivity index (χ0v) is 8.19. The Morgan fingerprint density at radius 2 is 2.29 bits per heavy atom. The molecule has 0 aliphatic rings. The van der Waals surface area contributed by atoms with Gasteiger partial charge in [0.25, 0.3) is 0 Å². The molecule has 0 radical (unpaired) electrons. The summed E-state index contributed by atoms with van der Waals surface area (Å²) < 4.78 is 5.33. The van der Waals surface area contributed by atoms with Crippen molar-refractivity contribution in [3.05, 3.63) is 29.3 Å². The molecule has 0 amide bonds. The minimum absolute atomic E-state index is 0.0995. The fraction of sp³-hybridized carbons (Fsp3) is 0.364. The molecule has 1 N–H and O–H groups in total. The highest BCUT2D eigenvalue weighted by molar-refractivity contribution is 5.79. The number of rotatable bonds is 5. The van der Waals surface area contributed by atoms with Crippen LogP contribution in [0.2, 0.25) is 0 Å². The average molecular weight is 194 g/mol. The minimum Gasteiger partial charge on any atom is -0.493 e. The Kier molecular flexibility index (Phi) is 4.13. The first kappa shape index (κ1) is 10.7. The second-order valence-corrected chi connectivity index (χ2v) is 3.08. The third kappa shape index (κ3) is 2.85. The molecule has 76 valence electrons. The van der Waals surface area contributed by atoms with E-state index in [-0.39, 0.29) is 6.61 Å². The summed E-state index contributed by atoms with van der Waals surface area (Å²) in [5.41, 5.74) is 1.59. The lowest BCUT2D eigenvalue weighted by Gasteiger charge is -2.07. The van der Waals surface area contributed by atoms with E-state index in [0.717, 1.165) is 11.8 Å². The van der Waals surface area contributed by atoms with E-state index in [4.69, 9.17) is 9.84 Å². The smallest absolute Gasteiger partial charge is 0.153 e. The predicted molar refractivity (Wildman–Crippen MR) is 53.8 cm³/mol. The van der Waals surface area contributed by atoms with Gasteiger partial charge in [-0.1, -0.05) is 11.6 Å². The van der Waals surface area contributed by atoms with Crippen LogP contribution in [0.25, 0.3) is 0 Å². The lowest BCUT2D eigenvalue weighted by Crippen LogP contribution is -2.01. The van der Waals surface area contributed by atoms with Crippen LogP contribution in [-0.2, 0) is 0 Å². The van der Waals surface area contributed by atoms with Crippen molar-refractivity contribution in [3.63, 3.8) is 0 Å². The summed E-state index contributed by atoms with van der Waals surface area (Å²) in [6, 6.07) is 5.44. The lowest BCUT2D eigenvalue weighted by atomic mass is 10.1. The molecular formula is C11H14O3. The van der Waals surface area contributed by atoms with Crippen molar-refractivity contribution in [2.75, 3.05) is 13.2 Å². The van der Waals surface area contributed by atoms with Crippen LogP contribution in [-0.4, -0.2) is 24.6 Å². The first-order chi connectivity index (χ1) is 6.77. The molecule has 0 aliphatic heterocycles. The summed E-state index contributed by atoms with van der Waals surface area (Å²) in [5.74, 6) is 0.582. The number of aliphatic hydroxyl groups is 1. The summed E-state index contributed by atoms with van der Waals surface area (Å²) in [4.78, 5) is 10.7. The Labute approximate surface area is 83.3 Å². The zero-order chi connectivity index (χ0) is 10.4. The van der Waals surface area contributed by atoms with Crippen LogP contribution in [0.3, 0.4) is 0 Å². The van der Waals surface area contributed by atoms with Gasteiger partial charge in [0.15, 0.2) is 6.29 Å². The summed E-state index contributed by atoms with van der Waals surface area (Å²) in [6.45, 7) is 2.45. The molecule has 1 rings (SSSR count). The van der Waals surface area contributed by atoms with Gasteiger partial charge in [-0.15, -0.1) is 0 Å². The van der Waals surface area contributed by atoms with Gasteiger partial charge in [0.1, 0.15) is 5.75 Å². The summed E-state index contributed by atoms with van der Waals surface area (Å²) >= 11 is 0. The average Bonchev–Trinajstić information content (AvgIpc) is 2.20. The Balaban J connectivity index is 2.70. The molecular weight excluding hydrogens is 180 g/mol. The molecule has 0 spiro atoms. The van der Waals surface area contributed by atoms with Crippen molar-refractivity contribution < 1.29 is 14.6 Å². The molecule has 0 unspecified atom stereocenters. The standard InChI is InChI=1S/C11H14O3/c1-9-3-4-11(10(7-9)8-13)14-6-2-5-12/h3-4,7-8,12H,2,5-6H2,1H3. The van der Waals surface area contributed by atoms with Crippen LogP contribution in [0.1, 0.15) is 22.3 Å². The molecule has 0 atom stereocenters. The quantitative estimate of drug-likeness (QED) is 0.571. The monoisotopic (exact) mass is 194 g/mol. The highest BCUT2D eigenvalue weighted by atomic mass is 16.5. The minimum atomic E-state index is 0.0995. The van der Waals surface area contributed by atoms with E-state index in [1.807, 2.05) is 13.0 Å². The van der Waals surface area contributed by atoms with Crippen LogP contribution in [0.4, 0.5) is 0 Å². The van der Waals surface area contributed by atoms with Gasteiger partial charge in [-0.25, -0.2) is 0 Å². The number of hydrogen-bond donors (Lipinski definition) is 1. The van der Waals surface area contributed by atoms with E-state index in [1.54, 1.807) is 12.1 Å². The molecule has 3 nitrogen and oxygen atoms in total. The number of aliphatic hydroxyl groups excluding tert-OH is 1. The third-order valence-corrected chi connectivity index (χ3v) is 1.85. The topological polar surface area (TPSA) is 46.5 Å². The number of aryl methyl sites for hydroxylation is 1. The number of hydrogen-bond acceptors (Lipinski definition) is 3. The number of carbonyl (C=O) groups is 1. The van der Waals surface area contributed by atoms with Gasteiger partial charge in [-0.2, -0.15) is 0 Å². The summed E-state index contributed by atoms with van der Waals surface area (Å²) in [6.07, 6.45) is 1.35. The fourth-order valence-electron chi connectivity index (χ4n) is 1.14. The van der Waals surface area contributed by atoms with E-state index >= 15 is 0 Å². The van der Waals surface area contributed by atoms with Crippen LogP contribution in [0.15, 0.2) is 18.2 Å². The Bertz CT molecular complexity index is 307. The van der Waals surface area contributed by atoms with Gasteiger partial charge in [-0.05, 0) is 19.1 Å². The Morgan fingerprint density at radius 1 is 1.50 bits per heavy atom. The molecule has 0 saturated carbocycles. The number of ether oxygens (including phenoxy) is 1. The summed E-state index contributed by atoms with van der Waals surface area (Å²) in [7, 11) is 0. The van der Waals surface area contributed by atoms with Gasteiger partial charge in [0.05, 0.1) is 12.2 Å². The molecule has 1 aromatic rings. The van der Waals surface area contributed by atoms with Gasteiger partial charge in [0, 0.05) is 13.0 Å². The van der Waals surface area contributed by atoms with E-state index in [9.17, 15) is 4.79 Å². The number of aldehydes is 1. The summed E-state index contributed by atoms with van der Waals surface area (Å²) in [5, 5.41) is 8.57. The normalized spacial score (nSPS) is 9.86. The number of carbonyl (C=O) groups excluding carboxylic acids is 1. The van der Waals surface area contributed by atoms with E-state index in [2.05, 4.69) is 0 Å². The van der Waals surface area contributed by atoms with Crippen molar-refractivity contribution >= 4 is 6.29 Å². The SMILES string of the molecule is Cc1ccc(OCCCO)c(C=O)c1. The molecule has 0 aromatic heterocycles. The van der Waals surface area contributed by atoms with Gasteiger partial charge in [0.2, 0.25) is 0 Å². The maximum atomic E-state index is 10.7. The van der Waals surface area contributed by atoms with Crippen LogP contribution < -0.4 is 4.74 Å². The van der Waals surface area contributed by atoms with Crippen molar-refractivity contribution in [2.24, 2.45) is 0 Å². The first-order valence-electron chi connectivity index (χ1n) is 4.57. The molecule has 0 heterocycles. The van der Waals surface area contributed by atoms with Crippen molar-refractivity contribution in [1.82, 2.24) is 0 Å². The van der Waals surface area contributed by atoms with Crippen molar-refractivity contribution in [3.8, 4) is 5.75 Å². The van der Waals surface area contributed by atoms with E-state index < -0.39 is 0 Å². The van der Waals surface area contributed by atoms with Gasteiger partial charge in [-0.3, -0.25) is 4.79 Å². The van der Waals surface area contributed by atoms with Crippen LogP contribution in [0, 0.1) is 6.92 Å². The van der Waals surface area contributed by atoms with Gasteiger partial charge < -0.3 is 9.84 Å². The number of benzene rings is 1. The van der Waals surface area contributed by atoms with Crippen molar-refractivity contribution in [1.29, 1.82) is 0 Å². The molecule has 1 aromatic carbocycles. The molecule has 3 heteroatoms. The fourth-order valence-corrected chi connectivity index (χ4v) is 1.14. The third-order valence-electron chi connectivity index (χ3n) is 1.85. The highest BCUT2D eigenvalue weighted by Crippen LogP contribution is 2.18. The zero-order valence-electron chi connectivity index (χ0n) is 8.19. The second kappa shape index (κ2) is 5.40. The van der Waals surface area contributed by atoms with Crippen molar-refractivity contribution in [2.45, 2.75) is 13.3 Å². The lowest BCUT2D eigenvalue weighted by molar-refractivity contribution is 0.111. The first-order valence-corrected chi connectivity index (χ1v) is 4.57. The van der Waals surface area contributed by atoms with Crippen LogP contribution in [0.5, 0.6) is 5.75 Å². The molecule has 0 aliphatic carbocycles. The van der Waals surface area contributed by atoms with E-state index in [1.165, 1.54) is 0 Å². The molecule has 14 heavy (non-hydrogen) atoms. The van der Waals surface area contributed by atoms with Crippen LogP contribution >= 0.6 is 0 Å². The second-order valence-electron chi connectivity index (χ2n) is 3.08. The predicted octanol–water partition coefficient (Wildman–Crippen LogP) is 1.57. The Morgan fingerprint density at radius 3 is 2.93 bits per heavy atom. The maximum Gasteiger partial charge on any atom is 0.153 e. The highest BCUT2D eigenvalue weighted by Gasteiger charge is 2.02. The maximum absolute atomic E-state index is 10.7. The van der Waals surface area contributed by atoms with Gasteiger partial charge >= 0.3 is 0 Å². The molecule has 0 bridgehead atoms. The Hall–Kier alpha value is -1.35. The van der Waals surface area contributed by atoms with E-state index in [0.29, 0.717) is 24.3 Å². The largest absolute Gasteiger partial charge is 0.493 e. The molecule has 0 fully saturated rings.